The highest BCUT2D eigenvalue weighted by molar-refractivity contribution is 8.00. The minimum Gasteiger partial charge on any atom is -0.497 e. The molecule has 9 heteroatoms. The first-order chi connectivity index (χ1) is 16.9. The van der Waals surface area contributed by atoms with Gasteiger partial charge in [-0.2, -0.15) is 0 Å². The second kappa shape index (κ2) is 11.7. The van der Waals surface area contributed by atoms with Gasteiger partial charge in [0.05, 0.1) is 18.9 Å². The minimum absolute atomic E-state index is 0.0437. The van der Waals surface area contributed by atoms with Gasteiger partial charge in [0.15, 0.2) is 11.0 Å². The van der Waals surface area contributed by atoms with Crippen molar-refractivity contribution >= 4 is 23.4 Å². The Morgan fingerprint density at radius 2 is 1.74 bits per heavy atom. The Balaban J connectivity index is 1.59. The summed E-state index contributed by atoms with van der Waals surface area (Å²) in [5.74, 6) is 1.15. The lowest BCUT2D eigenvalue weighted by Gasteiger charge is -2.26. The van der Waals surface area contributed by atoms with Crippen LogP contribution < -0.4 is 10.1 Å². The molecular formula is C26H32FN5O2S. The van der Waals surface area contributed by atoms with Crippen LogP contribution in [0.25, 0.3) is 5.69 Å². The number of nitrogens with zero attached hydrogens (tertiary/aromatic N) is 4. The number of hydrogen-bond donors (Lipinski definition) is 1. The summed E-state index contributed by atoms with van der Waals surface area (Å²) in [5.41, 5.74) is 1.48. The van der Waals surface area contributed by atoms with E-state index in [1.807, 2.05) is 42.7 Å². The molecule has 0 bridgehead atoms. The van der Waals surface area contributed by atoms with E-state index in [-0.39, 0.29) is 17.6 Å². The number of hydrogen-bond acceptors (Lipinski definition) is 6. The van der Waals surface area contributed by atoms with Crippen LogP contribution in [0.1, 0.15) is 38.9 Å². The van der Waals surface area contributed by atoms with Crippen molar-refractivity contribution in [2.75, 3.05) is 25.5 Å². The molecule has 1 amide bonds. The van der Waals surface area contributed by atoms with Gasteiger partial charge < -0.3 is 10.1 Å². The van der Waals surface area contributed by atoms with Gasteiger partial charge in [-0.05, 0) is 80.4 Å². The third-order valence-corrected chi connectivity index (χ3v) is 7.54. The molecule has 0 saturated carbocycles. The van der Waals surface area contributed by atoms with Crippen molar-refractivity contribution in [3.8, 4) is 11.4 Å². The van der Waals surface area contributed by atoms with E-state index in [0.29, 0.717) is 17.4 Å². The van der Waals surface area contributed by atoms with Crippen molar-refractivity contribution in [3.05, 3.63) is 60.2 Å². The number of amides is 1. The smallest absolute Gasteiger partial charge is 0.238 e. The SMILES string of the molecule is COc1ccc(NC(=O)C(Sc2nnc(CN3CCCCC3)n2-c2ccc(F)cc2)C(C)C)cc1. The first kappa shape index (κ1) is 25.2. The molecule has 4 rings (SSSR count). The van der Waals surface area contributed by atoms with Gasteiger partial charge in [-0.15, -0.1) is 10.2 Å². The number of halogens is 1. The average Bonchev–Trinajstić information content (AvgIpc) is 3.25. The van der Waals surface area contributed by atoms with Gasteiger partial charge in [-0.1, -0.05) is 32.0 Å². The maximum Gasteiger partial charge on any atom is 0.238 e. The molecule has 35 heavy (non-hydrogen) atoms. The standard InChI is InChI=1S/C26H32FN5O2S/c1-18(2)24(25(33)28-20-9-13-22(34-3)14-10-20)35-26-30-29-23(17-31-15-5-4-6-16-31)32(26)21-11-7-19(27)8-12-21/h7-14,18,24H,4-6,15-17H2,1-3H3,(H,28,33). The van der Waals surface area contributed by atoms with Crippen molar-refractivity contribution in [2.45, 2.75) is 50.1 Å². The molecule has 0 radical (unpaired) electrons. The van der Waals surface area contributed by atoms with Crippen molar-refractivity contribution in [2.24, 2.45) is 5.92 Å². The van der Waals surface area contributed by atoms with Gasteiger partial charge in [-0.25, -0.2) is 4.39 Å². The number of carbonyl (C=O) groups is 1. The van der Waals surface area contributed by atoms with Crippen LogP contribution in [-0.4, -0.2) is 51.0 Å². The fourth-order valence-corrected chi connectivity index (χ4v) is 5.21. The average molecular weight is 498 g/mol. The summed E-state index contributed by atoms with van der Waals surface area (Å²) in [6.45, 7) is 6.74. The monoisotopic (exact) mass is 497 g/mol. The molecule has 7 nitrogen and oxygen atoms in total. The Labute approximate surface area is 210 Å². The Kier molecular flexibility index (Phi) is 8.41. The summed E-state index contributed by atoms with van der Waals surface area (Å²) in [4.78, 5) is 15.6. The normalized spacial score (nSPS) is 15.2. The number of rotatable bonds is 9. The molecule has 0 aliphatic carbocycles. The summed E-state index contributed by atoms with van der Waals surface area (Å²) in [6.07, 6.45) is 3.60. The third-order valence-electron chi connectivity index (χ3n) is 6.05. The first-order valence-electron chi connectivity index (χ1n) is 12.0. The zero-order valence-electron chi connectivity index (χ0n) is 20.4. The fourth-order valence-electron chi connectivity index (χ4n) is 4.14. The Morgan fingerprint density at radius 3 is 2.37 bits per heavy atom. The van der Waals surface area contributed by atoms with Crippen molar-refractivity contribution in [1.29, 1.82) is 0 Å². The number of anilines is 1. The lowest BCUT2D eigenvalue weighted by atomic mass is 10.1. The zero-order chi connectivity index (χ0) is 24.8. The Morgan fingerprint density at radius 1 is 1.06 bits per heavy atom. The maximum absolute atomic E-state index is 13.7. The highest BCUT2D eigenvalue weighted by Gasteiger charge is 2.28. The number of benzene rings is 2. The summed E-state index contributed by atoms with van der Waals surface area (Å²) >= 11 is 1.38. The third kappa shape index (κ3) is 6.41. The zero-order valence-corrected chi connectivity index (χ0v) is 21.2. The molecule has 2 heterocycles. The number of nitrogens with one attached hydrogen (secondary N) is 1. The summed E-state index contributed by atoms with van der Waals surface area (Å²) in [7, 11) is 1.61. The second-order valence-corrected chi connectivity index (χ2v) is 10.2. The largest absolute Gasteiger partial charge is 0.497 e. The number of piperidine rings is 1. The van der Waals surface area contributed by atoms with Gasteiger partial charge in [0.1, 0.15) is 11.6 Å². The van der Waals surface area contributed by atoms with E-state index in [9.17, 15) is 9.18 Å². The maximum atomic E-state index is 13.7. The minimum atomic E-state index is -0.400. The molecule has 1 unspecified atom stereocenters. The van der Waals surface area contributed by atoms with Crippen LogP contribution in [0, 0.1) is 11.7 Å². The van der Waals surface area contributed by atoms with E-state index in [0.717, 1.165) is 30.4 Å². The van der Waals surface area contributed by atoms with Crippen LogP contribution in [-0.2, 0) is 11.3 Å². The van der Waals surface area contributed by atoms with Crippen molar-refractivity contribution < 1.29 is 13.9 Å². The van der Waals surface area contributed by atoms with Crippen LogP contribution in [0.5, 0.6) is 5.75 Å². The van der Waals surface area contributed by atoms with Gasteiger partial charge in [-0.3, -0.25) is 14.3 Å². The van der Waals surface area contributed by atoms with Crippen molar-refractivity contribution in [3.63, 3.8) is 0 Å². The summed E-state index contributed by atoms with van der Waals surface area (Å²) in [5, 5.41) is 12.2. The molecule has 1 N–H and O–H groups in total. The van der Waals surface area contributed by atoms with E-state index in [1.165, 1.54) is 43.2 Å². The van der Waals surface area contributed by atoms with Crippen molar-refractivity contribution in [1.82, 2.24) is 19.7 Å². The molecule has 1 aliphatic rings. The van der Waals surface area contributed by atoms with Gasteiger partial charge in [0.25, 0.3) is 0 Å². The number of carbonyl (C=O) groups excluding carboxylic acids is 1. The van der Waals surface area contributed by atoms with Crippen LogP contribution >= 0.6 is 11.8 Å². The first-order valence-corrected chi connectivity index (χ1v) is 12.9. The topological polar surface area (TPSA) is 72.3 Å². The molecule has 1 fully saturated rings. The van der Waals surface area contributed by atoms with E-state index >= 15 is 0 Å². The fraction of sp³-hybridized carbons (Fsp3) is 0.423. The van der Waals surface area contributed by atoms with Crippen LogP contribution in [0.3, 0.4) is 0 Å². The Bertz CT molecular complexity index is 1110. The number of aromatic nitrogens is 3. The predicted molar refractivity (Wildman–Crippen MR) is 137 cm³/mol. The molecule has 1 saturated heterocycles. The lowest BCUT2D eigenvalue weighted by Crippen LogP contribution is -2.31. The van der Waals surface area contributed by atoms with Gasteiger partial charge in [0, 0.05) is 11.4 Å². The quantitative estimate of drug-likeness (QED) is 0.412. The number of thioether (sulfide) groups is 1. The van der Waals surface area contributed by atoms with Gasteiger partial charge >= 0.3 is 0 Å². The highest BCUT2D eigenvalue weighted by atomic mass is 32.2. The molecule has 1 atom stereocenters. The van der Waals surface area contributed by atoms with E-state index < -0.39 is 5.25 Å². The van der Waals surface area contributed by atoms with Gasteiger partial charge in [0.2, 0.25) is 5.91 Å². The molecule has 186 valence electrons. The van der Waals surface area contributed by atoms with E-state index in [2.05, 4.69) is 20.4 Å². The van der Waals surface area contributed by atoms with Crippen LogP contribution in [0.2, 0.25) is 0 Å². The molecule has 0 spiro atoms. The summed E-state index contributed by atoms with van der Waals surface area (Å²) < 4.78 is 20.8. The number of ether oxygens (including phenoxy) is 1. The second-order valence-electron chi connectivity index (χ2n) is 9.05. The molecule has 1 aromatic heterocycles. The molecule has 1 aliphatic heterocycles. The molecular weight excluding hydrogens is 465 g/mol. The van der Waals surface area contributed by atoms with E-state index in [4.69, 9.17) is 4.74 Å². The number of methoxy groups -OCH3 is 1. The van der Waals surface area contributed by atoms with Crippen LogP contribution in [0.15, 0.2) is 53.7 Å². The Hall–Kier alpha value is -2.91. The molecule has 2 aromatic carbocycles. The summed E-state index contributed by atoms with van der Waals surface area (Å²) in [6, 6.07) is 13.6. The number of likely N-dealkylation sites (tertiary alicyclic amines) is 1. The predicted octanol–water partition coefficient (Wildman–Crippen LogP) is 5.16. The van der Waals surface area contributed by atoms with E-state index in [1.54, 1.807) is 19.2 Å². The van der Waals surface area contributed by atoms with Crippen LogP contribution in [0.4, 0.5) is 10.1 Å². The highest BCUT2D eigenvalue weighted by Crippen LogP contribution is 2.31. The lowest BCUT2D eigenvalue weighted by molar-refractivity contribution is -0.116. The molecule has 3 aromatic rings.